The molecule has 14 rings (SSSR count). The Hall–Kier alpha value is -9.18. The van der Waals surface area contributed by atoms with E-state index in [1.54, 1.807) is 0 Å². The molecule has 2 aromatic heterocycles. The van der Waals surface area contributed by atoms with E-state index in [4.69, 9.17) is 4.42 Å². The summed E-state index contributed by atoms with van der Waals surface area (Å²) in [6.45, 7) is 0. The minimum atomic E-state index is 0.896. The summed E-state index contributed by atoms with van der Waals surface area (Å²) in [5, 5.41) is 12.3. The largest absolute Gasteiger partial charge is 0.456 e. The van der Waals surface area contributed by atoms with Crippen molar-refractivity contribution in [2.45, 2.75) is 0 Å². The van der Waals surface area contributed by atoms with E-state index in [2.05, 4.69) is 252 Å². The average Bonchev–Trinajstić information content (AvgIpc) is 3.97. The van der Waals surface area contributed by atoms with Crippen molar-refractivity contribution >= 4 is 93.1 Å². The fourth-order valence-electron chi connectivity index (χ4n) is 11.0. The number of rotatable bonds is 7. The van der Waals surface area contributed by atoms with Gasteiger partial charge in [0, 0.05) is 44.3 Å². The summed E-state index contributed by atoms with van der Waals surface area (Å²) in [7, 11) is 0. The maximum Gasteiger partial charge on any atom is 0.136 e. The van der Waals surface area contributed by atoms with Crippen LogP contribution in [0.4, 0.5) is 17.1 Å². The van der Waals surface area contributed by atoms with E-state index < -0.39 is 0 Å². The van der Waals surface area contributed by atoms with Crippen molar-refractivity contribution in [3.8, 4) is 39.1 Å². The van der Waals surface area contributed by atoms with Crippen LogP contribution >= 0.6 is 0 Å². The van der Waals surface area contributed by atoms with Crippen LogP contribution in [0.2, 0.25) is 0 Å². The summed E-state index contributed by atoms with van der Waals surface area (Å²) in [6, 6.07) is 92.5. The molecule has 0 aliphatic carbocycles. The number of anilines is 3. The van der Waals surface area contributed by atoms with E-state index >= 15 is 0 Å². The molecule has 0 saturated carbocycles. The number of aromatic nitrogens is 1. The van der Waals surface area contributed by atoms with Crippen LogP contribution in [-0.4, -0.2) is 4.57 Å². The third-order valence-electron chi connectivity index (χ3n) is 14.2. The van der Waals surface area contributed by atoms with Crippen LogP contribution in [0.1, 0.15) is 0 Å². The SMILES string of the molecule is c1cc(-c2ccc(N(c3ccc(-c4ccccc4-c4ccc5c(c4)oc4ccccc45)cc3)c3ccc4c5ccccc5c5ccccc5c4c3)cc2)cc(-n2c3ccccc3c3ccccc32)c1. The van der Waals surface area contributed by atoms with Gasteiger partial charge in [0.15, 0.2) is 0 Å². The van der Waals surface area contributed by atoms with Gasteiger partial charge in [-0.2, -0.15) is 0 Å². The van der Waals surface area contributed by atoms with E-state index in [1.165, 1.54) is 65.3 Å². The van der Waals surface area contributed by atoms with Crippen molar-refractivity contribution < 1.29 is 4.42 Å². The van der Waals surface area contributed by atoms with Crippen molar-refractivity contribution in [2.24, 2.45) is 0 Å². The number of fused-ring (bicyclic) bond motifs is 12. The van der Waals surface area contributed by atoms with Crippen molar-refractivity contribution in [3.63, 3.8) is 0 Å². The van der Waals surface area contributed by atoms with Gasteiger partial charge in [-0.05, 0) is 145 Å². The lowest BCUT2D eigenvalue weighted by Crippen LogP contribution is -2.10. The van der Waals surface area contributed by atoms with Crippen LogP contribution in [0, 0.1) is 0 Å². The Kier molecular flexibility index (Phi) is 8.90. The zero-order valence-electron chi connectivity index (χ0n) is 37.6. The fourth-order valence-corrected chi connectivity index (χ4v) is 11.0. The molecule has 0 spiro atoms. The minimum Gasteiger partial charge on any atom is -0.456 e. The second-order valence-electron chi connectivity index (χ2n) is 18.0. The Bertz CT molecular complexity index is 4220. The van der Waals surface area contributed by atoms with Crippen LogP contribution < -0.4 is 4.90 Å². The molecule has 3 nitrogen and oxygen atoms in total. The molecule has 0 bridgehead atoms. The number of hydrogen-bond acceptors (Lipinski definition) is 2. The van der Waals surface area contributed by atoms with Gasteiger partial charge in [0.1, 0.15) is 11.2 Å². The summed E-state index contributed by atoms with van der Waals surface area (Å²) >= 11 is 0. The molecule has 0 saturated heterocycles. The summed E-state index contributed by atoms with van der Waals surface area (Å²) < 4.78 is 8.72. The number of furan rings is 1. The van der Waals surface area contributed by atoms with Gasteiger partial charge in [0.25, 0.3) is 0 Å². The van der Waals surface area contributed by atoms with Crippen molar-refractivity contribution in [1.82, 2.24) is 4.57 Å². The average molecular weight is 879 g/mol. The molecular weight excluding hydrogens is 837 g/mol. The lowest BCUT2D eigenvalue weighted by molar-refractivity contribution is 0.669. The molecule has 69 heavy (non-hydrogen) atoms. The fraction of sp³-hybridized carbons (Fsp3) is 0. The molecule has 0 atom stereocenters. The molecular formula is C66H42N2O. The number of hydrogen-bond donors (Lipinski definition) is 0. The van der Waals surface area contributed by atoms with Gasteiger partial charge >= 0.3 is 0 Å². The van der Waals surface area contributed by atoms with Crippen molar-refractivity contribution in [1.29, 1.82) is 0 Å². The number of para-hydroxylation sites is 3. The quantitative estimate of drug-likeness (QED) is 0.149. The van der Waals surface area contributed by atoms with Gasteiger partial charge < -0.3 is 13.9 Å². The molecule has 0 aliphatic heterocycles. The van der Waals surface area contributed by atoms with Crippen LogP contribution in [0.15, 0.2) is 259 Å². The van der Waals surface area contributed by atoms with E-state index in [0.29, 0.717) is 0 Å². The van der Waals surface area contributed by atoms with Gasteiger partial charge in [-0.25, -0.2) is 0 Å². The predicted octanol–water partition coefficient (Wildman–Crippen LogP) is 18.6. The van der Waals surface area contributed by atoms with E-state index in [0.717, 1.165) is 66.9 Å². The summed E-state index contributed by atoms with van der Waals surface area (Å²) in [5.41, 5.74) is 15.5. The maximum absolute atomic E-state index is 6.33. The first kappa shape index (κ1) is 39.0. The Labute approximate surface area is 399 Å². The topological polar surface area (TPSA) is 21.3 Å². The third-order valence-corrected chi connectivity index (χ3v) is 14.2. The first-order chi connectivity index (χ1) is 34.2. The van der Waals surface area contributed by atoms with E-state index in [1.807, 2.05) is 12.1 Å². The second-order valence-corrected chi connectivity index (χ2v) is 18.0. The summed E-state index contributed by atoms with van der Waals surface area (Å²) in [5.74, 6) is 0. The molecule has 0 N–H and O–H groups in total. The molecule has 12 aromatic carbocycles. The summed E-state index contributed by atoms with van der Waals surface area (Å²) in [4.78, 5) is 2.40. The maximum atomic E-state index is 6.33. The third kappa shape index (κ3) is 6.36. The number of nitrogens with zero attached hydrogens (tertiary/aromatic N) is 2. The van der Waals surface area contributed by atoms with Crippen LogP contribution in [0.3, 0.4) is 0 Å². The van der Waals surface area contributed by atoms with Gasteiger partial charge in [-0.3, -0.25) is 0 Å². The predicted molar refractivity (Wildman–Crippen MR) is 292 cm³/mol. The molecule has 2 heterocycles. The highest BCUT2D eigenvalue weighted by Gasteiger charge is 2.19. The monoisotopic (exact) mass is 878 g/mol. The smallest absolute Gasteiger partial charge is 0.136 e. The highest BCUT2D eigenvalue weighted by Crippen LogP contribution is 2.43. The normalized spacial score (nSPS) is 11.8. The Morgan fingerprint density at radius 3 is 1.38 bits per heavy atom. The van der Waals surface area contributed by atoms with Crippen LogP contribution in [-0.2, 0) is 0 Å². The lowest BCUT2D eigenvalue weighted by Gasteiger charge is -2.27. The highest BCUT2D eigenvalue weighted by atomic mass is 16.3. The molecule has 322 valence electrons. The van der Waals surface area contributed by atoms with Gasteiger partial charge in [-0.15, -0.1) is 0 Å². The molecule has 0 amide bonds. The molecule has 0 radical (unpaired) electrons. The molecule has 3 heteroatoms. The van der Waals surface area contributed by atoms with E-state index in [-0.39, 0.29) is 0 Å². The van der Waals surface area contributed by atoms with Crippen molar-refractivity contribution in [3.05, 3.63) is 255 Å². The first-order valence-corrected chi connectivity index (χ1v) is 23.7. The van der Waals surface area contributed by atoms with Crippen molar-refractivity contribution in [2.75, 3.05) is 4.90 Å². The van der Waals surface area contributed by atoms with Gasteiger partial charge in [0.2, 0.25) is 0 Å². The van der Waals surface area contributed by atoms with Crippen LogP contribution in [0.25, 0.3) is 115 Å². The minimum absolute atomic E-state index is 0.896. The molecule has 0 fully saturated rings. The lowest BCUT2D eigenvalue weighted by atomic mass is 9.93. The second kappa shape index (κ2) is 15.7. The highest BCUT2D eigenvalue weighted by molar-refractivity contribution is 6.26. The zero-order valence-corrected chi connectivity index (χ0v) is 37.6. The Morgan fingerprint density at radius 1 is 0.261 bits per heavy atom. The Morgan fingerprint density at radius 2 is 0.725 bits per heavy atom. The molecule has 14 aromatic rings. The summed E-state index contributed by atoms with van der Waals surface area (Å²) in [6.07, 6.45) is 0. The number of benzene rings is 12. The first-order valence-electron chi connectivity index (χ1n) is 23.7. The van der Waals surface area contributed by atoms with E-state index in [9.17, 15) is 0 Å². The van der Waals surface area contributed by atoms with Gasteiger partial charge in [-0.1, -0.05) is 176 Å². The van der Waals surface area contributed by atoms with Crippen LogP contribution in [0.5, 0.6) is 0 Å². The Balaban J connectivity index is 0.882. The zero-order chi connectivity index (χ0) is 45.4. The van der Waals surface area contributed by atoms with Gasteiger partial charge in [0.05, 0.1) is 11.0 Å². The standard InChI is InChI=1S/C66H42N2O/c1-2-17-52(46-32-38-61-60-24-9-12-27-65(60)69-66(61)41-46)51(16-1)44-30-35-48(36-31-44)67(50-37-39-57-55-20-4-3-18-53(55)54-19-5-6-21-56(54)62(57)42-50)47-33-28-43(29-34-47)45-14-13-15-49(40-45)68-63-25-10-7-22-58(63)59-23-8-11-26-64(59)68/h1-42H. The molecule has 0 aliphatic rings. The molecule has 0 unspecified atom stereocenters.